The molecule has 0 aliphatic carbocycles. The zero-order valence-electron chi connectivity index (χ0n) is 12.3. The van der Waals surface area contributed by atoms with Gasteiger partial charge in [-0.3, -0.25) is 4.72 Å². The molecule has 0 atom stereocenters. The third-order valence-corrected chi connectivity index (χ3v) is 5.15. The maximum atomic E-state index is 12.4. The molecule has 0 spiro atoms. The first-order valence-corrected chi connectivity index (χ1v) is 9.23. The first-order chi connectivity index (χ1) is 10.3. The predicted molar refractivity (Wildman–Crippen MR) is 93.2 cm³/mol. The van der Waals surface area contributed by atoms with Crippen LogP contribution in [0.1, 0.15) is 30.9 Å². The van der Waals surface area contributed by atoms with Crippen LogP contribution in [0, 0.1) is 0 Å². The Morgan fingerprint density at radius 1 is 1.00 bits per heavy atom. The van der Waals surface area contributed by atoms with Crippen LogP contribution in [-0.4, -0.2) is 8.42 Å². The van der Waals surface area contributed by atoms with Crippen LogP contribution in [0.15, 0.2) is 42.5 Å². The van der Waals surface area contributed by atoms with E-state index >= 15 is 0 Å². The third-order valence-electron chi connectivity index (χ3n) is 3.24. The fourth-order valence-corrected chi connectivity index (χ4v) is 4.13. The van der Waals surface area contributed by atoms with Crippen molar-refractivity contribution in [3.63, 3.8) is 0 Å². The van der Waals surface area contributed by atoms with Crippen molar-refractivity contribution in [2.45, 2.75) is 25.5 Å². The molecule has 0 bridgehead atoms. The monoisotopic (exact) mass is 357 g/mol. The van der Waals surface area contributed by atoms with Crippen molar-refractivity contribution in [2.24, 2.45) is 0 Å². The Labute approximate surface area is 141 Å². The van der Waals surface area contributed by atoms with Crippen molar-refractivity contribution in [3.05, 3.63) is 63.6 Å². The predicted octanol–water partition coefficient (Wildman–Crippen LogP) is 5.06. The number of hydrogen-bond acceptors (Lipinski definition) is 2. The minimum atomic E-state index is -3.61. The molecule has 1 N–H and O–H groups in total. The van der Waals surface area contributed by atoms with Crippen molar-refractivity contribution in [1.82, 2.24) is 0 Å². The topological polar surface area (TPSA) is 46.2 Å². The summed E-state index contributed by atoms with van der Waals surface area (Å²) in [5, 5.41) is 0.685. The summed E-state index contributed by atoms with van der Waals surface area (Å²) in [5.41, 5.74) is 1.93. The van der Waals surface area contributed by atoms with Crippen molar-refractivity contribution >= 4 is 38.9 Å². The molecule has 0 radical (unpaired) electrons. The molecule has 3 nitrogen and oxygen atoms in total. The molecule has 0 unspecified atom stereocenters. The molecule has 2 aromatic rings. The van der Waals surface area contributed by atoms with Gasteiger partial charge < -0.3 is 0 Å². The number of halogens is 2. The van der Waals surface area contributed by atoms with Gasteiger partial charge in [-0.15, -0.1) is 0 Å². The lowest BCUT2D eigenvalue weighted by Gasteiger charge is -2.15. The van der Waals surface area contributed by atoms with E-state index in [1.165, 1.54) is 0 Å². The van der Waals surface area contributed by atoms with E-state index in [-0.39, 0.29) is 11.7 Å². The molecule has 0 aromatic heterocycles. The Bertz CT molecular complexity index is 753. The molecular formula is C16H17Cl2NO2S. The molecule has 118 valence electrons. The zero-order valence-corrected chi connectivity index (χ0v) is 14.6. The minimum absolute atomic E-state index is 0.211. The third kappa shape index (κ3) is 4.15. The van der Waals surface area contributed by atoms with Crippen molar-refractivity contribution in [3.8, 4) is 0 Å². The van der Waals surface area contributed by atoms with Crippen LogP contribution in [0.5, 0.6) is 0 Å². The van der Waals surface area contributed by atoms with Crippen LogP contribution in [0.4, 0.5) is 5.69 Å². The van der Waals surface area contributed by atoms with Gasteiger partial charge in [-0.2, -0.15) is 0 Å². The Hall–Kier alpha value is -1.23. The van der Waals surface area contributed by atoms with E-state index < -0.39 is 10.0 Å². The van der Waals surface area contributed by atoms with Gasteiger partial charge in [-0.25, -0.2) is 8.42 Å². The van der Waals surface area contributed by atoms with Gasteiger partial charge in [0.05, 0.1) is 11.4 Å². The van der Waals surface area contributed by atoms with Crippen molar-refractivity contribution < 1.29 is 8.42 Å². The smallest absolute Gasteiger partial charge is 0.237 e. The average molecular weight is 358 g/mol. The van der Waals surface area contributed by atoms with Crippen LogP contribution >= 0.6 is 23.2 Å². The molecule has 2 rings (SSSR count). The fraction of sp³-hybridized carbons (Fsp3) is 0.250. The number of hydrogen-bond donors (Lipinski definition) is 1. The molecule has 0 aliphatic heterocycles. The lowest BCUT2D eigenvalue weighted by molar-refractivity contribution is 0.600. The van der Waals surface area contributed by atoms with E-state index in [1.54, 1.807) is 30.3 Å². The molecule has 2 aromatic carbocycles. The second kappa shape index (κ2) is 6.90. The number of sulfonamides is 1. The summed E-state index contributed by atoms with van der Waals surface area (Å²) in [5.74, 6) is -0.0550. The van der Waals surface area contributed by atoms with Gasteiger partial charge in [0.25, 0.3) is 0 Å². The first-order valence-electron chi connectivity index (χ1n) is 6.82. The van der Waals surface area contributed by atoms with E-state index in [0.29, 0.717) is 21.3 Å². The van der Waals surface area contributed by atoms with E-state index in [9.17, 15) is 8.42 Å². The first kappa shape index (κ1) is 17.1. The maximum Gasteiger partial charge on any atom is 0.237 e. The summed E-state index contributed by atoms with van der Waals surface area (Å²) in [7, 11) is -3.61. The quantitative estimate of drug-likeness (QED) is 0.812. The van der Waals surface area contributed by atoms with E-state index in [2.05, 4.69) is 4.72 Å². The van der Waals surface area contributed by atoms with Crippen LogP contribution < -0.4 is 4.72 Å². The molecular weight excluding hydrogens is 341 g/mol. The molecule has 0 heterocycles. The standard InChI is InChI=1S/C16H17Cl2NO2S/c1-11(2)12-6-3-4-9-16(12)19-22(20,21)10-13-14(17)7-5-8-15(13)18/h3-9,11,19H,10H2,1-2H3. The fourth-order valence-electron chi connectivity index (χ4n) is 2.16. The van der Waals surface area contributed by atoms with Gasteiger partial charge in [0.1, 0.15) is 0 Å². The van der Waals surface area contributed by atoms with Gasteiger partial charge in [0.15, 0.2) is 0 Å². The minimum Gasteiger partial charge on any atom is -0.283 e. The van der Waals surface area contributed by atoms with Crippen LogP contribution in [0.25, 0.3) is 0 Å². The Kier molecular flexibility index (Phi) is 5.37. The highest BCUT2D eigenvalue weighted by atomic mass is 35.5. The summed E-state index contributed by atoms with van der Waals surface area (Å²) in [6, 6.07) is 12.3. The SMILES string of the molecule is CC(C)c1ccccc1NS(=O)(=O)Cc1c(Cl)cccc1Cl. The zero-order chi connectivity index (χ0) is 16.3. The largest absolute Gasteiger partial charge is 0.283 e. The van der Waals surface area contributed by atoms with Crippen molar-refractivity contribution in [1.29, 1.82) is 0 Å². The molecule has 0 saturated carbocycles. The summed E-state index contributed by atoms with van der Waals surface area (Å²) in [6.07, 6.45) is 0. The van der Waals surface area contributed by atoms with E-state index in [0.717, 1.165) is 5.56 Å². The number of rotatable bonds is 5. The van der Waals surface area contributed by atoms with Crippen LogP contribution in [0.3, 0.4) is 0 Å². The lowest BCUT2D eigenvalue weighted by atomic mass is 10.0. The maximum absolute atomic E-state index is 12.4. The van der Waals surface area contributed by atoms with Crippen molar-refractivity contribution in [2.75, 3.05) is 4.72 Å². The Morgan fingerprint density at radius 2 is 1.59 bits per heavy atom. The summed E-state index contributed by atoms with van der Waals surface area (Å²) < 4.78 is 27.5. The van der Waals surface area contributed by atoms with Gasteiger partial charge in [0, 0.05) is 15.6 Å². The highest BCUT2D eigenvalue weighted by molar-refractivity contribution is 7.91. The molecule has 0 amide bonds. The van der Waals surface area contributed by atoms with E-state index in [4.69, 9.17) is 23.2 Å². The molecule has 22 heavy (non-hydrogen) atoms. The summed E-state index contributed by atoms with van der Waals surface area (Å²) in [4.78, 5) is 0. The Balaban J connectivity index is 2.30. The highest BCUT2D eigenvalue weighted by Gasteiger charge is 2.18. The number of para-hydroxylation sites is 1. The van der Waals surface area contributed by atoms with Gasteiger partial charge in [-0.05, 0) is 29.7 Å². The summed E-state index contributed by atoms with van der Waals surface area (Å²) >= 11 is 12.1. The highest BCUT2D eigenvalue weighted by Crippen LogP contribution is 2.29. The van der Waals surface area contributed by atoms with Gasteiger partial charge in [0.2, 0.25) is 10.0 Å². The van der Waals surface area contributed by atoms with Gasteiger partial charge >= 0.3 is 0 Å². The normalized spacial score (nSPS) is 11.7. The molecule has 0 saturated heterocycles. The van der Waals surface area contributed by atoms with Crippen LogP contribution in [-0.2, 0) is 15.8 Å². The molecule has 0 fully saturated rings. The lowest BCUT2D eigenvalue weighted by Crippen LogP contribution is -2.17. The molecule has 0 aliphatic rings. The number of benzene rings is 2. The number of anilines is 1. The van der Waals surface area contributed by atoms with Crippen LogP contribution in [0.2, 0.25) is 10.0 Å². The average Bonchev–Trinajstić information content (AvgIpc) is 2.43. The second-order valence-corrected chi connectivity index (χ2v) is 7.84. The number of nitrogens with one attached hydrogen (secondary N) is 1. The Morgan fingerprint density at radius 3 is 2.18 bits per heavy atom. The van der Waals surface area contributed by atoms with E-state index in [1.807, 2.05) is 26.0 Å². The second-order valence-electron chi connectivity index (χ2n) is 5.30. The molecule has 6 heteroatoms. The summed E-state index contributed by atoms with van der Waals surface area (Å²) in [6.45, 7) is 4.02. The van der Waals surface area contributed by atoms with Gasteiger partial charge in [-0.1, -0.05) is 61.3 Å².